The van der Waals surface area contributed by atoms with Gasteiger partial charge in [0.15, 0.2) is 12.3 Å². The van der Waals surface area contributed by atoms with Gasteiger partial charge in [-0.05, 0) is 31.9 Å². The molecule has 2 rings (SSSR count). The van der Waals surface area contributed by atoms with Crippen molar-refractivity contribution in [3.63, 3.8) is 0 Å². The lowest BCUT2D eigenvalue weighted by Crippen LogP contribution is -2.25. The molecule has 3 nitrogen and oxygen atoms in total. The Balaban J connectivity index is 2.15. The summed E-state index contributed by atoms with van der Waals surface area (Å²) in [7, 11) is 0. The van der Waals surface area contributed by atoms with E-state index in [0.717, 1.165) is 28.9 Å². The fourth-order valence-corrected chi connectivity index (χ4v) is 2.45. The Morgan fingerprint density at radius 1 is 1.28 bits per heavy atom. The maximum absolute atomic E-state index is 12.1. The van der Waals surface area contributed by atoms with E-state index in [9.17, 15) is 5.21 Å². The smallest absolute Gasteiger partial charge is 0.185 e. The van der Waals surface area contributed by atoms with Crippen LogP contribution in [0.15, 0.2) is 24.3 Å². The summed E-state index contributed by atoms with van der Waals surface area (Å²) in [5.41, 5.74) is 0.875. The van der Waals surface area contributed by atoms with Crippen LogP contribution in [-0.4, -0.2) is 23.6 Å². The summed E-state index contributed by atoms with van der Waals surface area (Å²) in [5.74, 6) is 0.789. The first-order valence-corrected chi connectivity index (χ1v) is 6.83. The van der Waals surface area contributed by atoms with Gasteiger partial charge in [0.05, 0.1) is 12.2 Å². The Morgan fingerprint density at radius 2 is 2.00 bits per heavy atom. The van der Waals surface area contributed by atoms with Crippen LogP contribution in [0.4, 0.5) is 0 Å². The van der Waals surface area contributed by atoms with Gasteiger partial charge in [0.25, 0.3) is 0 Å². The largest absolute Gasteiger partial charge is 0.624 e. The lowest BCUT2D eigenvalue weighted by Gasteiger charge is -2.21. The molecule has 0 amide bonds. The molecule has 1 saturated carbocycles. The minimum atomic E-state index is 0.147. The van der Waals surface area contributed by atoms with Gasteiger partial charge in [0.2, 0.25) is 0 Å². The Labute approximate surface area is 109 Å². The van der Waals surface area contributed by atoms with Gasteiger partial charge in [-0.2, -0.15) is 0 Å². The summed E-state index contributed by atoms with van der Waals surface area (Å²) in [5, 5.41) is 12.1. The van der Waals surface area contributed by atoms with Crippen LogP contribution in [0.1, 0.15) is 44.6 Å². The Bertz CT molecular complexity index is 409. The minimum Gasteiger partial charge on any atom is -0.624 e. The lowest BCUT2D eigenvalue weighted by molar-refractivity contribution is -0.500. The van der Waals surface area contributed by atoms with E-state index in [2.05, 4.69) is 0 Å². The first-order valence-electron chi connectivity index (χ1n) is 6.83. The highest BCUT2D eigenvalue weighted by atomic mass is 16.5. The summed E-state index contributed by atoms with van der Waals surface area (Å²) < 4.78 is 6.65. The number of benzene rings is 1. The van der Waals surface area contributed by atoms with Gasteiger partial charge in [-0.25, -0.2) is 4.74 Å². The average Bonchev–Trinajstić information content (AvgIpc) is 2.42. The van der Waals surface area contributed by atoms with Crippen molar-refractivity contribution in [1.82, 2.24) is 0 Å². The molecule has 0 saturated heterocycles. The number of ether oxygens (including phenoxy) is 1. The minimum absolute atomic E-state index is 0.147. The molecule has 1 aliphatic rings. The Hall–Kier alpha value is -1.51. The third kappa shape index (κ3) is 3.25. The van der Waals surface area contributed by atoms with Crippen LogP contribution in [0.5, 0.6) is 5.75 Å². The summed E-state index contributed by atoms with van der Waals surface area (Å²) in [6.45, 7) is 2.57. The summed E-state index contributed by atoms with van der Waals surface area (Å²) in [6.07, 6.45) is 7.31. The van der Waals surface area contributed by atoms with Crippen LogP contribution in [-0.2, 0) is 0 Å². The van der Waals surface area contributed by atoms with E-state index in [4.69, 9.17) is 4.74 Å². The molecule has 0 bridgehead atoms. The topological polar surface area (TPSA) is 35.3 Å². The molecule has 0 N–H and O–H groups in total. The second kappa shape index (κ2) is 6.43. The lowest BCUT2D eigenvalue weighted by atomic mass is 9.96. The van der Waals surface area contributed by atoms with Crippen molar-refractivity contribution in [3.05, 3.63) is 35.0 Å². The number of rotatable bonds is 4. The van der Waals surface area contributed by atoms with Crippen LogP contribution in [0.25, 0.3) is 0 Å². The summed E-state index contributed by atoms with van der Waals surface area (Å²) in [4.78, 5) is 0. The number of hydrogen-bond acceptors (Lipinski definition) is 2. The molecule has 0 aliphatic heterocycles. The van der Waals surface area contributed by atoms with E-state index < -0.39 is 0 Å². The van der Waals surface area contributed by atoms with E-state index in [1.807, 2.05) is 31.2 Å². The summed E-state index contributed by atoms with van der Waals surface area (Å²) in [6, 6.07) is 7.85. The van der Waals surface area contributed by atoms with E-state index in [1.165, 1.54) is 19.3 Å². The molecule has 0 unspecified atom stereocenters. The van der Waals surface area contributed by atoms with Gasteiger partial charge in [0.1, 0.15) is 5.75 Å². The van der Waals surface area contributed by atoms with Crippen molar-refractivity contribution in [3.8, 4) is 5.75 Å². The predicted octanol–water partition coefficient (Wildman–Crippen LogP) is 3.35. The molecule has 0 radical (unpaired) electrons. The second-order valence-electron chi connectivity index (χ2n) is 4.75. The fraction of sp³-hybridized carbons (Fsp3) is 0.533. The number of para-hydroxylation sites is 1. The molecular weight excluding hydrogens is 226 g/mol. The SMILES string of the molecule is CCOc1ccccc1/C=[N+](\[O-])C1CCCCC1. The second-order valence-corrected chi connectivity index (χ2v) is 4.75. The molecule has 0 atom stereocenters. The van der Waals surface area contributed by atoms with Crippen LogP contribution < -0.4 is 4.74 Å². The first-order chi connectivity index (χ1) is 8.81. The molecule has 18 heavy (non-hydrogen) atoms. The molecule has 1 aliphatic carbocycles. The van der Waals surface area contributed by atoms with Gasteiger partial charge in [0, 0.05) is 12.8 Å². The van der Waals surface area contributed by atoms with Crippen molar-refractivity contribution >= 4 is 6.21 Å². The van der Waals surface area contributed by atoms with Gasteiger partial charge in [-0.1, -0.05) is 18.6 Å². The first kappa shape index (κ1) is 12.9. The molecule has 0 spiro atoms. The Morgan fingerprint density at radius 3 is 2.72 bits per heavy atom. The maximum atomic E-state index is 12.1. The average molecular weight is 247 g/mol. The monoisotopic (exact) mass is 247 g/mol. The van der Waals surface area contributed by atoms with E-state index >= 15 is 0 Å². The van der Waals surface area contributed by atoms with Gasteiger partial charge >= 0.3 is 0 Å². The molecule has 0 aromatic heterocycles. The van der Waals surface area contributed by atoms with Crippen LogP contribution in [0.3, 0.4) is 0 Å². The highest BCUT2D eigenvalue weighted by Gasteiger charge is 2.19. The molecule has 1 fully saturated rings. The molecule has 98 valence electrons. The van der Waals surface area contributed by atoms with E-state index in [1.54, 1.807) is 6.21 Å². The zero-order chi connectivity index (χ0) is 12.8. The Kier molecular flexibility index (Phi) is 4.62. The highest BCUT2D eigenvalue weighted by molar-refractivity contribution is 5.80. The standard InChI is InChI=1S/C15H21NO2/c1-2-18-15-11-7-6-8-13(15)12-16(17)14-9-4-3-5-10-14/h6-8,11-12,14H,2-5,9-10H2,1H3/b16-12-. The van der Waals surface area contributed by atoms with Crippen molar-refractivity contribution in [2.24, 2.45) is 0 Å². The molecule has 1 aromatic carbocycles. The maximum Gasteiger partial charge on any atom is 0.185 e. The van der Waals surface area contributed by atoms with Crippen LogP contribution >= 0.6 is 0 Å². The molecule has 0 heterocycles. The van der Waals surface area contributed by atoms with Gasteiger partial charge in [-0.15, -0.1) is 0 Å². The molecule has 3 heteroatoms. The van der Waals surface area contributed by atoms with Crippen molar-refractivity contribution in [1.29, 1.82) is 0 Å². The van der Waals surface area contributed by atoms with E-state index in [0.29, 0.717) is 6.61 Å². The summed E-state index contributed by atoms with van der Waals surface area (Å²) >= 11 is 0. The zero-order valence-electron chi connectivity index (χ0n) is 11.0. The van der Waals surface area contributed by atoms with Gasteiger partial charge < -0.3 is 9.94 Å². The van der Waals surface area contributed by atoms with Gasteiger partial charge in [-0.3, -0.25) is 0 Å². The fourth-order valence-electron chi connectivity index (χ4n) is 2.45. The third-order valence-corrected chi connectivity index (χ3v) is 3.42. The number of hydroxylamine groups is 1. The highest BCUT2D eigenvalue weighted by Crippen LogP contribution is 2.21. The normalized spacial score (nSPS) is 17.7. The van der Waals surface area contributed by atoms with Crippen LogP contribution in [0.2, 0.25) is 0 Å². The number of hydrogen-bond donors (Lipinski definition) is 0. The quantitative estimate of drug-likeness (QED) is 0.354. The zero-order valence-corrected chi connectivity index (χ0v) is 11.0. The predicted molar refractivity (Wildman–Crippen MR) is 73.3 cm³/mol. The van der Waals surface area contributed by atoms with E-state index in [-0.39, 0.29) is 6.04 Å². The van der Waals surface area contributed by atoms with Crippen molar-refractivity contribution in [2.45, 2.75) is 45.1 Å². The van der Waals surface area contributed by atoms with Crippen LogP contribution in [0, 0.1) is 5.21 Å². The van der Waals surface area contributed by atoms with Crippen molar-refractivity contribution in [2.75, 3.05) is 6.61 Å². The molecule has 1 aromatic rings. The number of nitrogens with zero attached hydrogens (tertiary/aromatic N) is 1. The molecular formula is C15H21NO2. The van der Waals surface area contributed by atoms with Crippen molar-refractivity contribution < 1.29 is 9.48 Å². The third-order valence-electron chi connectivity index (χ3n) is 3.42.